The third-order valence-electron chi connectivity index (χ3n) is 10.4. The van der Waals surface area contributed by atoms with Crippen LogP contribution in [-0.2, 0) is 4.79 Å². The summed E-state index contributed by atoms with van der Waals surface area (Å²) < 4.78 is 12.9. The molecule has 4 rings (SSSR count). The standard InChI is InChI=1S/C40H65NO3S/c1-5-6-7-8-9-10-11-12-14-17-21-32(2)33-30-36(39-34-22-20-23-35(34)40(3,4)44-37(39)31-33)43-38(42)24-18-15-13-16-19-25-41-26-28-45-29-27-41/h30-32H,5-29H2,1-4H3. The zero-order valence-corrected chi connectivity index (χ0v) is 30.3. The quantitative estimate of drug-likeness (QED) is 0.0760. The molecule has 2 aliphatic heterocycles. The van der Waals surface area contributed by atoms with E-state index in [1.807, 2.05) is 0 Å². The normalized spacial score (nSPS) is 18.4. The predicted octanol–water partition coefficient (Wildman–Crippen LogP) is 11.5. The van der Waals surface area contributed by atoms with Crippen molar-refractivity contribution in [3.63, 3.8) is 0 Å². The molecule has 3 aliphatic rings. The van der Waals surface area contributed by atoms with E-state index in [0.29, 0.717) is 12.3 Å². The zero-order valence-electron chi connectivity index (χ0n) is 29.5. The molecular weight excluding hydrogens is 575 g/mol. The van der Waals surface area contributed by atoms with Gasteiger partial charge in [-0.3, -0.25) is 4.79 Å². The Balaban J connectivity index is 1.28. The van der Waals surface area contributed by atoms with E-state index in [2.05, 4.69) is 56.5 Å². The summed E-state index contributed by atoms with van der Waals surface area (Å²) in [6.07, 6.45) is 24.3. The van der Waals surface area contributed by atoms with Crippen LogP contribution in [0.1, 0.15) is 173 Å². The number of esters is 1. The Hall–Kier alpha value is -1.46. The molecule has 0 amide bonds. The van der Waals surface area contributed by atoms with Gasteiger partial charge >= 0.3 is 5.97 Å². The van der Waals surface area contributed by atoms with Crippen molar-refractivity contribution in [1.29, 1.82) is 0 Å². The van der Waals surface area contributed by atoms with Gasteiger partial charge in [-0.15, -0.1) is 0 Å². The van der Waals surface area contributed by atoms with Crippen LogP contribution < -0.4 is 9.47 Å². The molecule has 1 aliphatic carbocycles. The van der Waals surface area contributed by atoms with Crippen LogP contribution in [-0.4, -0.2) is 47.6 Å². The number of thioether (sulfide) groups is 1. The monoisotopic (exact) mass is 639 g/mol. The lowest BCUT2D eigenvalue weighted by Gasteiger charge is -2.36. The van der Waals surface area contributed by atoms with E-state index in [4.69, 9.17) is 9.47 Å². The van der Waals surface area contributed by atoms with Gasteiger partial charge in [0.25, 0.3) is 0 Å². The maximum atomic E-state index is 13.2. The Morgan fingerprint density at radius 3 is 2.24 bits per heavy atom. The molecule has 45 heavy (non-hydrogen) atoms. The molecule has 4 nitrogen and oxygen atoms in total. The van der Waals surface area contributed by atoms with Crippen LogP contribution in [0.5, 0.6) is 11.5 Å². The number of rotatable bonds is 21. The van der Waals surface area contributed by atoms with Crippen LogP contribution in [0.4, 0.5) is 0 Å². The molecule has 0 saturated carbocycles. The molecule has 0 radical (unpaired) electrons. The third-order valence-corrected chi connectivity index (χ3v) is 11.4. The van der Waals surface area contributed by atoms with Crippen molar-refractivity contribution < 1.29 is 14.3 Å². The predicted molar refractivity (Wildman–Crippen MR) is 194 cm³/mol. The van der Waals surface area contributed by atoms with Crippen LogP contribution in [0.25, 0.3) is 5.57 Å². The average Bonchev–Trinajstić information content (AvgIpc) is 3.53. The van der Waals surface area contributed by atoms with Crippen molar-refractivity contribution >= 4 is 23.3 Å². The van der Waals surface area contributed by atoms with Gasteiger partial charge < -0.3 is 14.4 Å². The van der Waals surface area contributed by atoms with Crippen molar-refractivity contribution in [2.24, 2.45) is 0 Å². The van der Waals surface area contributed by atoms with E-state index in [-0.39, 0.29) is 11.6 Å². The third kappa shape index (κ3) is 11.6. The largest absolute Gasteiger partial charge is 0.483 e. The zero-order chi connectivity index (χ0) is 31.9. The number of carbonyl (C=O) groups excluding carboxylic acids is 1. The van der Waals surface area contributed by atoms with Gasteiger partial charge in [0.05, 0.1) is 5.56 Å². The molecule has 1 fully saturated rings. The van der Waals surface area contributed by atoms with E-state index in [0.717, 1.165) is 55.6 Å². The molecule has 0 N–H and O–H groups in total. The van der Waals surface area contributed by atoms with Crippen molar-refractivity contribution in [3.8, 4) is 11.5 Å². The van der Waals surface area contributed by atoms with Crippen molar-refractivity contribution in [1.82, 2.24) is 4.90 Å². The van der Waals surface area contributed by atoms with Crippen LogP contribution in [0.2, 0.25) is 0 Å². The maximum Gasteiger partial charge on any atom is 0.311 e. The first-order valence-corrected chi connectivity index (χ1v) is 20.1. The summed E-state index contributed by atoms with van der Waals surface area (Å²) in [5.74, 6) is 4.56. The Kier molecular flexibility index (Phi) is 15.7. The van der Waals surface area contributed by atoms with E-state index in [1.165, 1.54) is 131 Å². The van der Waals surface area contributed by atoms with E-state index in [1.54, 1.807) is 0 Å². The Bertz CT molecular complexity index is 1070. The Morgan fingerprint density at radius 2 is 1.53 bits per heavy atom. The SMILES string of the molecule is CCCCCCCCCCCCC(C)c1cc(OC(=O)CCCCCCCN2CCSCC2)c2c(c1)OC(C)(C)C1=C2CCC1. The molecule has 254 valence electrons. The lowest BCUT2D eigenvalue weighted by atomic mass is 9.85. The van der Waals surface area contributed by atoms with E-state index >= 15 is 0 Å². The van der Waals surface area contributed by atoms with Gasteiger partial charge in [-0.2, -0.15) is 11.8 Å². The number of unbranched alkanes of at least 4 members (excludes halogenated alkanes) is 13. The fraction of sp³-hybridized carbons (Fsp3) is 0.775. The number of allylic oxidation sites excluding steroid dienone is 1. The highest BCUT2D eigenvalue weighted by Gasteiger charge is 2.39. The van der Waals surface area contributed by atoms with Crippen LogP contribution in [0.3, 0.4) is 0 Å². The van der Waals surface area contributed by atoms with Crippen molar-refractivity contribution in [2.45, 2.75) is 168 Å². The molecule has 0 aromatic heterocycles. The van der Waals surface area contributed by atoms with E-state index in [9.17, 15) is 4.79 Å². The number of benzene rings is 1. The van der Waals surface area contributed by atoms with Gasteiger partial charge in [0.1, 0.15) is 17.1 Å². The van der Waals surface area contributed by atoms with Gasteiger partial charge in [-0.1, -0.05) is 97.3 Å². The number of hydrogen-bond donors (Lipinski definition) is 0. The molecule has 1 unspecified atom stereocenters. The summed E-state index contributed by atoms with van der Waals surface area (Å²) in [5.41, 5.74) is 4.76. The van der Waals surface area contributed by atoms with Crippen LogP contribution in [0, 0.1) is 0 Å². The number of ether oxygens (including phenoxy) is 2. The highest BCUT2D eigenvalue weighted by Crippen LogP contribution is 2.52. The Morgan fingerprint density at radius 1 is 0.889 bits per heavy atom. The molecule has 0 spiro atoms. The van der Waals surface area contributed by atoms with Gasteiger partial charge in [0.15, 0.2) is 0 Å². The molecule has 2 heterocycles. The van der Waals surface area contributed by atoms with Gasteiger partial charge in [0, 0.05) is 31.0 Å². The number of fused-ring (bicyclic) bond motifs is 2. The topological polar surface area (TPSA) is 38.8 Å². The summed E-state index contributed by atoms with van der Waals surface area (Å²) in [7, 11) is 0. The minimum atomic E-state index is -0.300. The molecule has 5 heteroatoms. The first-order valence-electron chi connectivity index (χ1n) is 19.0. The van der Waals surface area contributed by atoms with Crippen molar-refractivity contribution in [3.05, 3.63) is 28.8 Å². The van der Waals surface area contributed by atoms with Crippen LogP contribution in [0.15, 0.2) is 17.7 Å². The fourth-order valence-electron chi connectivity index (χ4n) is 7.61. The molecule has 1 aromatic carbocycles. The molecule has 0 bridgehead atoms. The molecule has 1 atom stereocenters. The minimum Gasteiger partial charge on any atom is -0.483 e. The first kappa shape index (κ1) is 36.4. The molecule has 1 aromatic rings. The smallest absolute Gasteiger partial charge is 0.311 e. The van der Waals surface area contributed by atoms with Crippen molar-refractivity contribution in [2.75, 3.05) is 31.1 Å². The number of carbonyl (C=O) groups is 1. The molecule has 1 saturated heterocycles. The van der Waals surface area contributed by atoms with Crippen LogP contribution >= 0.6 is 11.8 Å². The maximum absolute atomic E-state index is 13.2. The van der Waals surface area contributed by atoms with Gasteiger partial charge in [0.2, 0.25) is 0 Å². The minimum absolute atomic E-state index is 0.0903. The van der Waals surface area contributed by atoms with Gasteiger partial charge in [-0.25, -0.2) is 0 Å². The summed E-state index contributed by atoms with van der Waals surface area (Å²) in [6.45, 7) is 12.8. The highest BCUT2D eigenvalue weighted by molar-refractivity contribution is 7.99. The summed E-state index contributed by atoms with van der Waals surface area (Å²) in [5, 5.41) is 0. The lowest BCUT2D eigenvalue weighted by molar-refractivity contribution is -0.134. The number of hydrogen-bond acceptors (Lipinski definition) is 5. The number of nitrogens with zero attached hydrogens (tertiary/aromatic N) is 1. The van der Waals surface area contributed by atoms with E-state index < -0.39 is 0 Å². The summed E-state index contributed by atoms with van der Waals surface area (Å²) in [6, 6.07) is 4.45. The summed E-state index contributed by atoms with van der Waals surface area (Å²) >= 11 is 2.08. The van der Waals surface area contributed by atoms with Gasteiger partial charge in [-0.05, 0) is 93.7 Å². The average molecular weight is 640 g/mol. The summed E-state index contributed by atoms with van der Waals surface area (Å²) in [4.78, 5) is 15.8. The molecular formula is C40H65NO3S. The Labute approximate surface area is 280 Å². The first-order chi connectivity index (χ1) is 21.9. The second kappa shape index (κ2) is 19.4. The highest BCUT2D eigenvalue weighted by atomic mass is 32.2. The second-order valence-electron chi connectivity index (χ2n) is 14.6. The fourth-order valence-corrected chi connectivity index (χ4v) is 8.59. The lowest BCUT2D eigenvalue weighted by Crippen LogP contribution is -2.33. The second-order valence-corrected chi connectivity index (χ2v) is 15.9.